The Morgan fingerprint density at radius 3 is 2.56 bits per heavy atom. The summed E-state index contributed by atoms with van der Waals surface area (Å²) in [5, 5.41) is 13.4. The van der Waals surface area contributed by atoms with Crippen molar-refractivity contribution in [1.29, 1.82) is 0 Å². The fourth-order valence-corrected chi connectivity index (χ4v) is 1.17. The van der Waals surface area contributed by atoms with Crippen LogP contribution in [0, 0.1) is 15.9 Å². The summed E-state index contributed by atoms with van der Waals surface area (Å²) in [6.45, 7) is 5.86. The predicted octanol–water partition coefficient (Wildman–Crippen LogP) is 3.33. The van der Waals surface area contributed by atoms with Crippen molar-refractivity contribution in [3.05, 3.63) is 34.1 Å². The third-order valence-corrected chi connectivity index (χ3v) is 2.52. The molecular weight excluding hydrogens is 211 g/mol. The number of nitrogens with zero attached hydrogens (tertiary/aromatic N) is 1. The van der Waals surface area contributed by atoms with E-state index in [-0.39, 0.29) is 16.9 Å². The first-order valence-corrected chi connectivity index (χ1v) is 5.08. The van der Waals surface area contributed by atoms with Gasteiger partial charge in [-0.1, -0.05) is 6.92 Å². The average molecular weight is 226 g/mol. The molecule has 0 saturated carbocycles. The molecule has 1 aromatic carbocycles. The number of anilines is 1. The van der Waals surface area contributed by atoms with Gasteiger partial charge in [0.2, 0.25) is 0 Å². The van der Waals surface area contributed by atoms with E-state index in [0.29, 0.717) is 0 Å². The van der Waals surface area contributed by atoms with Crippen molar-refractivity contribution in [3.63, 3.8) is 0 Å². The summed E-state index contributed by atoms with van der Waals surface area (Å²) in [4.78, 5) is 9.81. The molecule has 0 bridgehead atoms. The van der Waals surface area contributed by atoms with E-state index in [1.807, 2.05) is 20.8 Å². The van der Waals surface area contributed by atoms with E-state index in [1.165, 1.54) is 12.1 Å². The summed E-state index contributed by atoms with van der Waals surface area (Å²) in [6, 6.07) is 3.61. The summed E-state index contributed by atoms with van der Waals surface area (Å²) in [5.74, 6) is -0.601. The zero-order valence-electron chi connectivity index (χ0n) is 9.58. The van der Waals surface area contributed by atoms with Crippen LogP contribution < -0.4 is 5.32 Å². The molecule has 16 heavy (non-hydrogen) atoms. The van der Waals surface area contributed by atoms with Gasteiger partial charge in [0, 0.05) is 11.6 Å². The highest BCUT2D eigenvalue weighted by molar-refractivity contribution is 5.51. The van der Waals surface area contributed by atoms with Crippen LogP contribution in [0.15, 0.2) is 18.2 Å². The number of non-ortho nitro benzene ring substituents is 1. The van der Waals surface area contributed by atoms with Crippen LogP contribution in [0.4, 0.5) is 15.8 Å². The lowest BCUT2D eigenvalue weighted by Crippen LogP contribution is -2.30. The molecule has 0 aromatic heterocycles. The maximum Gasteiger partial charge on any atom is 0.272 e. The van der Waals surface area contributed by atoms with Crippen molar-refractivity contribution < 1.29 is 9.31 Å². The Morgan fingerprint density at radius 2 is 2.12 bits per heavy atom. The second-order valence-electron chi connectivity index (χ2n) is 4.28. The molecule has 88 valence electrons. The number of rotatable bonds is 4. The van der Waals surface area contributed by atoms with E-state index < -0.39 is 10.7 Å². The number of benzene rings is 1. The van der Waals surface area contributed by atoms with Gasteiger partial charge in [-0.25, -0.2) is 4.39 Å². The SMILES string of the molecule is CCC(C)(C)Nc1ccc([N+](=O)[O-])cc1F. The first-order chi connectivity index (χ1) is 7.35. The highest BCUT2D eigenvalue weighted by Crippen LogP contribution is 2.24. The fraction of sp³-hybridized carbons (Fsp3) is 0.455. The largest absolute Gasteiger partial charge is 0.378 e. The monoisotopic (exact) mass is 226 g/mol. The molecule has 0 spiro atoms. The van der Waals surface area contributed by atoms with Crippen LogP contribution in [-0.2, 0) is 0 Å². The molecule has 0 saturated heterocycles. The van der Waals surface area contributed by atoms with Gasteiger partial charge in [0.05, 0.1) is 16.7 Å². The summed E-state index contributed by atoms with van der Waals surface area (Å²) in [5.41, 5.74) is -0.188. The minimum atomic E-state index is -0.613. The second-order valence-corrected chi connectivity index (χ2v) is 4.28. The molecule has 1 aromatic rings. The Kier molecular flexibility index (Phi) is 3.47. The van der Waals surface area contributed by atoms with Crippen LogP contribution in [0.1, 0.15) is 27.2 Å². The molecule has 0 fully saturated rings. The smallest absolute Gasteiger partial charge is 0.272 e. The van der Waals surface area contributed by atoms with Crippen molar-refractivity contribution in [2.24, 2.45) is 0 Å². The molecule has 1 rings (SSSR count). The van der Waals surface area contributed by atoms with Crippen molar-refractivity contribution >= 4 is 11.4 Å². The van der Waals surface area contributed by atoms with E-state index in [2.05, 4.69) is 5.32 Å². The Labute approximate surface area is 93.6 Å². The quantitative estimate of drug-likeness (QED) is 0.632. The van der Waals surface area contributed by atoms with Crippen molar-refractivity contribution in [1.82, 2.24) is 0 Å². The number of hydrogen-bond donors (Lipinski definition) is 1. The molecule has 0 aliphatic heterocycles. The van der Waals surface area contributed by atoms with Crippen molar-refractivity contribution in [2.45, 2.75) is 32.7 Å². The zero-order chi connectivity index (χ0) is 12.3. The Hall–Kier alpha value is -1.65. The Morgan fingerprint density at radius 1 is 1.50 bits per heavy atom. The molecule has 0 aliphatic rings. The van der Waals surface area contributed by atoms with Gasteiger partial charge in [0.1, 0.15) is 0 Å². The molecule has 0 heterocycles. The Bertz CT molecular complexity index is 405. The van der Waals surface area contributed by atoms with Gasteiger partial charge in [0.25, 0.3) is 5.69 Å². The number of nitrogens with one attached hydrogen (secondary N) is 1. The third kappa shape index (κ3) is 2.92. The van der Waals surface area contributed by atoms with Gasteiger partial charge in [-0.2, -0.15) is 0 Å². The van der Waals surface area contributed by atoms with Crippen LogP contribution in [0.25, 0.3) is 0 Å². The highest BCUT2D eigenvalue weighted by Gasteiger charge is 2.18. The van der Waals surface area contributed by atoms with Gasteiger partial charge in [-0.3, -0.25) is 10.1 Å². The zero-order valence-corrected chi connectivity index (χ0v) is 9.58. The fourth-order valence-electron chi connectivity index (χ4n) is 1.17. The molecule has 0 amide bonds. The van der Waals surface area contributed by atoms with Crippen molar-refractivity contribution in [2.75, 3.05) is 5.32 Å². The molecule has 0 atom stereocenters. The van der Waals surface area contributed by atoms with E-state index in [9.17, 15) is 14.5 Å². The summed E-state index contributed by atoms with van der Waals surface area (Å²) >= 11 is 0. The maximum atomic E-state index is 13.5. The number of halogens is 1. The van der Waals surface area contributed by atoms with E-state index >= 15 is 0 Å². The molecule has 4 nitrogen and oxygen atoms in total. The van der Waals surface area contributed by atoms with Crippen molar-refractivity contribution in [3.8, 4) is 0 Å². The second kappa shape index (κ2) is 4.47. The lowest BCUT2D eigenvalue weighted by atomic mass is 10.0. The van der Waals surface area contributed by atoms with E-state index in [1.54, 1.807) is 0 Å². The van der Waals surface area contributed by atoms with Crippen LogP contribution >= 0.6 is 0 Å². The Balaban J connectivity index is 2.96. The minimum Gasteiger partial charge on any atom is -0.378 e. The van der Waals surface area contributed by atoms with Gasteiger partial charge in [0.15, 0.2) is 5.82 Å². The summed E-state index contributed by atoms with van der Waals surface area (Å²) in [6.07, 6.45) is 0.823. The third-order valence-electron chi connectivity index (χ3n) is 2.52. The lowest BCUT2D eigenvalue weighted by Gasteiger charge is -2.26. The molecule has 5 heteroatoms. The number of nitro benzene ring substituents is 1. The lowest BCUT2D eigenvalue weighted by molar-refractivity contribution is -0.385. The molecule has 0 unspecified atom stereocenters. The van der Waals surface area contributed by atoms with Crippen LogP contribution in [0.3, 0.4) is 0 Å². The van der Waals surface area contributed by atoms with E-state index in [4.69, 9.17) is 0 Å². The van der Waals surface area contributed by atoms with E-state index in [0.717, 1.165) is 12.5 Å². The first-order valence-electron chi connectivity index (χ1n) is 5.08. The number of nitro groups is 1. The summed E-state index contributed by atoms with van der Waals surface area (Å²) < 4.78 is 13.5. The van der Waals surface area contributed by atoms with Crippen LogP contribution in [0.5, 0.6) is 0 Å². The molecule has 0 radical (unpaired) electrons. The molecular formula is C11H15FN2O2. The van der Waals surface area contributed by atoms with Gasteiger partial charge in [-0.15, -0.1) is 0 Å². The van der Waals surface area contributed by atoms with Crippen LogP contribution in [-0.4, -0.2) is 10.5 Å². The number of hydrogen-bond acceptors (Lipinski definition) is 3. The predicted molar refractivity (Wildman–Crippen MR) is 61.0 cm³/mol. The maximum absolute atomic E-state index is 13.5. The minimum absolute atomic E-state index is 0.239. The summed E-state index contributed by atoms with van der Waals surface area (Å²) in [7, 11) is 0. The highest BCUT2D eigenvalue weighted by atomic mass is 19.1. The van der Waals surface area contributed by atoms with Gasteiger partial charge in [-0.05, 0) is 26.3 Å². The topological polar surface area (TPSA) is 55.2 Å². The standard InChI is InChI=1S/C11H15FN2O2/c1-4-11(2,3)13-10-6-5-8(14(15)16)7-9(10)12/h5-7,13H,4H2,1-3H3. The molecule has 1 N–H and O–H groups in total. The first kappa shape index (κ1) is 12.4. The van der Waals surface area contributed by atoms with Gasteiger partial charge < -0.3 is 5.32 Å². The van der Waals surface area contributed by atoms with Gasteiger partial charge >= 0.3 is 0 Å². The molecule has 0 aliphatic carbocycles. The average Bonchev–Trinajstić information content (AvgIpc) is 2.20. The van der Waals surface area contributed by atoms with Crippen LogP contribution in [0.2, 0.25) is 0 Å². The normalized spacial score (nSPS) is 11.2.